The zero-order valence-electron chi connectivity index (χ0n) is 29.7. The number of aryl methyl sites for hydroxylation is 1. The summed E-state index contributed by atoms with van der Waals surface area (Å²) in [6.07, 6.45) is 0.768. The highest BCUT2D eigenvalue weighted by atomic mass is 31.2. The number of fused-ring (bicyclic) bond motifs is 3. The smallest absolute Gasteiger partial charge is 0.338 e. The molecule has 0 saturated carbocycles. The van der Waals surface area contributed by atoms with E-state index in [2.05, 4.69) is 13.2 Å². The van der Waals surface area contributed by atoms with Crippen molar-refractivity contribution in [2.75, 3.05) is 11.9 Å². The van der Waals surface area contributed by atoms with Crippen LogP contribution in [0.5, 0.6) is 11.5 Å². The Balaban J connectivity index is 1.76. The van der Waals surface area contributed by atoms with Crippen molar-refractivity contribution in [1.82, 2.24) is 4.90 Å². The normalized spacial score (nSPS) is 15.4. The molecule has 10 nitrogen and oxygen atoms in total. The van der Waals surface area contributed by atoms with E-state index in [1.54, 1.807) is 36.4 Å². The molecule has 1 aliphatic heterocycles. The molecular weight excluding hydrogens is 679 g/mol. The molecule has 5 rings (SSSR count). The van der Waals surface area contributed by atoms with E-state index in [1.165, 1.54) is 33.0 Å². The second-order valence-electron chi connectivity index (χ2n) is 12.6. The molecule has 0 N–H and O–H groups in total. The average molecular weight is 719 g/mol. The van der Waals surface area contributed by atoms with Crippen molar-refractivity contribution in [3.8, 4) is 22.6 Å². The number of esters is 1. The fourth-order valence-corrected chi connectivity index (χ4v) is 9.26. The Hall–Kier alpha value is -5.86. The monoisotopic (exact) mass is 718 g/mol. The van der Waals surface area contributed by atoms with Crippen molar-refractivity contribution in [3.63, 3.8) is 0 Å². The van der Waals surface area contributed by atoms with Gasteiger partial charge in [0.25, 0.3) is 7.37 Å². The Kier molecular flexibility index (Phi) is 10.6. The van der Waals surface area contributed by atoms with Crippen molar-refractivity contribution in [3.05, 3.63) is 132 Å². The molecule has 11 heteroatoms. The standard InChI is InChI=1S/C41H39N2O8P/c1-8-41(30-19-17-27(4)18-20-30,52(49)37-16-12-10-14-33(37)32-13-9-11-15-35(32)51-52)31-21-22-34(36(25-31)50-40(48)26(2)3)43(29(6)45)39(47)24-23-38(46)42(7)28(5)44/h8-22,25H,1-2,23-24H2,3-7H3. The maximum atomic E-state index is 16.1. The minimum Gasteiger partial charge on any atom is -0.438 e. The molecule has 0 saturated heterocycles. The van der Waals surface area contributed by atoms with Crippen LogP contribution in [0.25, 0.3) is 11.1 Å². The summed E-state index contributed by atoms with van der Waals surface area (Å²) in [6, 6.07) is 26.4. The van der Waals surface area contributed by atoms with Gasteiger partial charge in [0.15, 0.2) is 5.75 Å². The molecule has 0 aromatic heterocycles. The molecule has 1 heterocycles. The van der Waals surface area contributed by atoms with Crippen molar-refractivity contribution >= 4 is 48.0 Å². The van der Waals surface area contributed by atoms with Gasteiger partial charge < -0.3 is 9.26 Å². The molecule has 0 radical (unpaired) electrons. The average Bonchev–Trinajstić information content (AvgIpc) is 3.12. The second-order valence-corrected chi connectivity index (χ2v) is 15.0. The number of benzene rings is 4. The fraction of sp³-hybridized carbons (Fsp3) is 0.195. The Labute approximate surface area is 302 Å². The van der Waals surface area contributed by atoms with E-state index in [0.717, 1.165) is 33.4 Å². The summed E-state index contributed by atoms with van der Waals surface area (Å²) in [5.74, 6) is -3.25. The van der Waals surface area contributed by atoms with Gasteiger partial charge in [0.05, 0.1) is 11.0 Å². The maximum Gasteiger partial charge on any atom is 0.338 e. The van der Waals surface area contributed by atoms with Gasteiger partial charge in [-0.15, -0.1) is 6.58 Å². The number of anilines is 1. The summed E-state index contributed by atoms with van der Waals surface area (Å²) in [7, 11) is -2.82. The van der Waals surface area contributed by atoms with Crippen LogP contribution in [-0.2, 0) is 33.7 Å². The summed E-state index contributed by atoms with van der Waals surface area (Å²) in [5.41, 5.74) is 3.26. The van der Waals surface area contributed by atoms with Gasteiger partial charge in [-0.05, 0) is 54.8 Å². The Bertz CT molecular complexity index is 2190. The molecule has 1 aliphatic rings. The van der Waals surface area contributed by atoms with Crippen molar-refractivity contribution < 1.29 is 37.8 Å². The quantitative estimate of drug-likeness (QED) is 0.0553. The van der Waals surface area contributed by atoms with Crippen LogP contribution in [0, 0.1) is 6.92 Å². The van der Waals surface area contributed by atoms with Gasteiger partial charge in [0.1, 0.15) is 10.9 Å². The molecular formula is C41H39N2O8P. The van der Waals surface area contributed by atoms with Crippen LogP contribution >= 0.6 is 7.37 Å². The number of imide groups is 2. The zero-order valence-corrected chi connectivity index (χ0v) is 30.6. The maximum absolute atomic E-state index is 16.1. The lowest BCUT2D eigenvalue weighted by Crippen LogP contribution is -2.38. The predicted octanol–water partition coefficient (Wildman–Crippen LogP) is 7.23. The number of para-hydroxylation sites is 1. The van der Waals surface area contributed by atoms with Gasteiger partial charge >= 0.3 is 5.97 Å². The van der Waals surface area contributed by atoms with Crippen LogP contribution in [0.1, 0.15) is 50.3 Å². The number of carbonyl (C=O) groups is 5. The lowest BCUT2D eigenvalue weighted by Gasteiger charge is -2.42. The van der Waals surface area contributed by atoms with Crippen LogP contribution in [0.3, 0.4) is 0 Å². The van der Waals surface area contributed by atoms with E-state index in [-0.39, 0.29) is 23.4 Å². The summed E-state index contributed by atoms with van der Waals surface area (Å²) in [4.78, 5) is 65.7. The highest BCUT2D eigenvalue weighted by molar-refractivity contribution is 7.69. The molecule has 0 spiro atoms. The molecule has 4 aromatic carbocycles. The predicted molar refractivity (Wildman–Crippen MR) is 200 cm³/mol. The number of amides is 4. The number of nitrogens with zero attached hydrogens (tertiary/aromatic N) is 2. The fourth-order valence-electron chi connectivity index (χ4n) is 6.20. The second kappa shape index (κ2) is 14.8. The van der Waals surface area contributed by atoms with Crippen molar-refractivity contribution in [2.45, 2.75) is 45.7 Å². The van der Waals surface area contributed by atoms with E-state index in [9.17, 15) is 24.0 Å². The minimum absolute atomic E-state index is 0.0392. The van der Waals surface area contributed by atoms with Crippen LogP contribution in [0.2, 0.25) is 0 Å². The van der Waals surface area contributed by atoms with Crippen LogP contribution in [-0.4, -0.2) is 41.5 Å². The van der Waals surface area contributed by atoms with Crippen LogP contribution in [0.4, 0.5) is 5.69 Å². The van der Waals surface area contributed by atoms with Crippen molar-refractivity contribution in [2.24, 2.45) is 0 Å². The molecule has 0 aliphatic carbocycles. The Morgan fingerprint density at radius 3 is 2.02 bits per heavy atom. The topological polar surface area (TPSA) is 127 Å². The molecule has 2 unspecified atom stereocenters. The first-order valence-electron chi connectivity index (χ1n) is 16.5. The Morgan fingerprint density at radius 2 is 1.40 bits per heavy atom. The molecule has 2 atom stereocenters. The summed E-state index contributed by atoms with van der Waals surface area (Å²) in [6.45, 7) is 13.6. The number of hydrogen-bond acceptors (Lipinski definition) is 8. The van der Waals surface area contributed by atoms with Gasteiger partial charge in [-0.25, -0.2) is 9.69 Å². The summed E-state index contributed by atoms with van der Waals surface area (Å²) in [5, 5.41) is -1.17. The van der Waals surface area contributed by atoms with Gasteiger partial charge in [-0.3, -0.25) is 28.6 Å². The largest absolute Gasteiger partial charge is 0.438 e. The van der Waals surface area contributed by atoms with E-state index < -0.39 is 48.5 Å². The molecule has 0 bridgehead atoms. The third-order valence-corrected chi connectivity index (χ3v) is 12.1. The van der Waals surface area contributed by atoms with E-state index >= 15 is 4.57 Å². The first-order valence-corrected chi connectivity index (χ1v) is 18.1. The van der Waals surface area contributed by atoms with Gasteiger partial charge in [-0.2, -0.15) is 0 Å². The van der Waals surface area contributed by atoms with Gasteiger partial charge in [-0.1, -0.05) is 84.9 Å². The number of allylic oxidation sites excluding steroid dienone is 1. The van der Waals surface area contributed by atoms with Crippen molar-refractivity contribution in [1.29, 1.82) is 0 Å². The first-order chi connectivity index (χ1) is 24.7. The highest BCUT2D eigenvalue weighted by Crippen LogP contribution is 2.70. The first kappa shape index (κ1) is 37.4. The molecule has 266 valence electrons. The molecule has 0 fully saturated rings. The minimum atomic E-state index is -4.12. The summed E-state index contributed by atoms with van der Waals surface area (Å²) >= 11 is 0. The molecule has 4 aromatic rings. The number of hydrogen-bond donors (Lipinski definition) is 0. The number of rotatable bonds is 10. The molecule has 4 amide bonds. The number of ether oxygens (including phenoxy) is 1. The van der Waals surface area contributed by atoms with Crippen LogP contribution in [0.15, 0.2) is 116 Å². The third kappa shape index (κ3) is 6.65. The number of carbonyl (C=O) groups excluding carboxylic acids is 5. The lowest BCUT2D eigenvalue weighted by molar-refractivity contribution is -0.143. The Morgan fingerprint density at radius 1 is 0.808 bits per heavy atom. The van der Waals surface area contributed by atoms with E-state index in [0.29, 0.717) is 22.2 Å². The summed E-state index contributed by atoms with van der Waals surface area (Å²) < 4.78 is 28.5. The molecule has 52 heavy (non-hydrogen) atoms. The zero-order chi connectivity index (χ0) is 38.0. The van der Waals surface area contributed by atoms with E-state index in [1.807, 2.05) is 55.5 Å². The van der Waals surface area contributed by atoms with Gasteiger partial charge in [0.2, 0.25) is 23.6 Å². The van der Waals surface area contributed by atoms with Gasteiger partial charge in [0, 0.05) is 44.9 Å². The van der Waals surface area contributed by atoms with Crippen LogP contribution < -0.4 is 19.5 Å². The van der Waals surface area contributed by atoms with E-state index in [4.69, 9.17) is 9.26 Å². The highest BCUT2D eigenvalue weighted by Gasteiger charge is 2.55. The third-order valence-electron chi connectivity index (χ3n) is 9.03. The lowest BCUT2D eigenvalue weighted by atomic mass is 9.89. The SMILES string of the molecule is C=CC(c1ccc(C)cc1)(c1ccc(N(C(C)=O)C(=O)CCC(=O)N(C)C(C)=O)c(OC(=O)C(=C)C)c1)P1(=O)Oc2ccccc2-c2ccccc21.